The van der Waals surface area contributed by atoms with E-state index >= 15 is 0 Å². The van der Waals surface area contributed by atoms with Gasteiger partial charge in [0.05, 0.1) is 5.92 Å². The molecule has 2 heterocycles. The van der Waals surface area contributed by atoms with Crippen molar-refractivity contribution in [3.05, 3.63) is 24.3 Å². The second-order valence-electron chi connectivity index (χ2n) is 7.58. The normalized spacial score (nSPS) is 24.3. The van der Waals surface area contributed by atoms with Gasteiger partial charge in [-0.15, -0.1) is 0 Å². The third kappa shape index (κ3) is 3.06. The Morgan fingerprint density at radius 1 is 1.11 bits per heavy atom. The summed E-state index contributed by atoms with van der Waals surface area (Å²) in [6.45, 7) is 0.186. The predicted octanol–water partition coefficient (Wildman–Crippen LogP) is 1.23. The molecule has 1 saturated carbocycles. The molecule has 1 amide bonds. The summed E-state index contributed by atoms with van der Waals surface area (Å²) in [4.78, 5) is 35.6. The fourth-order valence-electron chi connectivity index (χ4n) is 4.40. The van der Waals surface area contributed by atoms with Crippen LogP contribution in [0.3, 0.4) is 0 Å². The van der Waals surface area contributed by atoms with Gasteiger partial charge in [-0.2, -0.15) is 4.99 Å². The highest BCUT2D eigenvalue weighted by Gasteiger charge is 2.42. The van der Waals surface area contributed by atoms with Crippen molar-refractivity contribution in [3.63, 3.8) is 0 Å². The van der Waals surface area contributed by atoms with Gasteiger partial charge in [-0.05, 0) is 49.9 Å². The number of nitrogens with zero attached hydrogens (tertiary/aromatic N) is 4. The zero-order chi connectivity index (χ0) is 19.9. The van der Waals surface area contributed by atoms with Crippen molar-refractivity contribution >= 4 is 35.2 Å². The van der Waals surface area contributed by atoms with Gasteiger partial charge in [0.15, 0.2) is 0 Å². The van der Waals surface area contributed by atoms with E-state index < -0.39 is 17.6 Å². The Labute approximate surface area is 162 Å². The summed E-state index contributed by atoms with van der Waals surface area (Å²) in [5, 5.41) is 9.17. The van der Waals surface area contributed by atoms with Gasteiger partial charge in [0.25, 0.3) is 0 Å². The minimum Gasteiger partial charge on any atom is -0.481 e. The van der Waals surface area contributed by atoms with Crippen molar-refractivity contribution in [2.45, 2.75) is 44.2 Å². The van der Waals surface area contributed by atoms with E-state index in [9.17, 15) is 9.59 Å². The Balaban J connectivity index is 1.62. The topological polar surface area (TPSA) is 138 Å². The maximum atomic E-state index is 12.2. The van der Waals surface area contributed by atoms with Crippen LogP contribution in [-0.2, 0) is 9.59 Å². The van der Waals surface area contributed by atoms with Crippen LogP contribution in [0.15, 0.2) is 34.3 Å². The van der Waals surface area contributed by atoms with E-state index in [2.05, 4.69) is 9.98 Å². The first-order chi connectivity index (χ1) is 13.4. The molecule has 3 aliphatic rings. The number of amides is 1. The average molecular weight is 384 g/mol. The van der Waals surface area contributed by atoms with Crippen molar-refractivity contribution in [2.24, 2.45) is 27.4 Å². The van der Waals surface area contributed by atoms with E-state index in [4.69, 9.17) is 16.6 Å². The highest BCUT2D eigenvalue weighted by Crippen LogP contribution is 2.40. The summed E-state index contributed by atoms with van der Waals surface area (Å²) in [5.74, 6) is -1.28. The smallest absolute Gasteiger partial charge is 0.308 e. The predicted molar refractivity (Wildman–Crippen MR) is 106 cm³/mol. The molecule has 0 radical (unpaired) electrons. The van der Waals surface area contributed by atoms with Crippen LogP contribution >= 0.6 is 0 Å². The van der Waals surface area contributed by atoms with Crippen LogP contribution in [0.4, 0.5) is 11.4 Å². The molecule has 148 valence electrons. The molecule has 9 nitrogen and oxygen atoms in total. The zero-order valence-corrected chi connectivity index (χ0v) is 15.5. The summed E-state index contributed by atoms with van der Waals surface area (Å²) in [6, 6.07) is 7.35. The van der Waals surface area contributed by atoms with Gasteiger partial charge in [-0.1, -0.05) is 6.42 Å². The molecule has 2 aliphatic heterocycles. The number of hydrogen-bond donors (Lipinski definition) is 3. The highest BCUT2D eigenvalue weighted by atomic mass is 16.4. The van der Waals surface area contributed by atoms with E-state index in [-0.39, 0.29) is 24.8 Å². The Bertz CT molecular complexity index is 857. The SMILES string of the molecule is NC1=NC2(CCCCC2)N(c2ccc(N3CC(C(=O)O)CC3=O)cc2)C(N)=N1. The number of aliphatic imine (C=N–C) groups is 2. The first-order valence-corrected chi connectivity index (χ1v) is 9.53. The molecule has 1 aliphatic carbocycles. The van der Waals surface area contributed by atoms with E-state index in [1.165, 1.54) is 4.90 Å². The summed E-state index contributed by atoms with van der Waals surface area (Å²) in [7, 11) is 0. The summed E-state index contributed by atoms with van der Waals surface area (Å²) >= 11 is 0. The Hall–Kier alpha value is -3.10. The molecule has 2 fully saturated rings. The molecule has 4 rings (SSSR count). The monoisotopic (exact) mass is 384 g/mol. The molecule has 1 aromatic rings. The number of anilines is 2. The fraction of sp³-hybridized carbons (Fsp3) is 0.474. The molecule has 1 saturated heterocycles. The first-order valence-electron chi connectivity index (χ1n) is 9.53. The molecular formula is C19H24N6O3. The van der Waals surface area contributed by atoms with Crippen LogP contribution < -0.4 is 21.3 Å². The van der Waals surface area contributed by atoms with Crippen molar-refractivity contribution in [2.75, 3.05) is 16.3 Å². The number of carbonyl (C=O) groups excluding carboxylic acids is 1. The Morgan fingerprint density at radius 2 is 1.75 bits per heavy atom. The van der Waals surface area contributed by atoms with Crippen molar-refractivity contribution < 1.29 is 14.7 Å². The number of carboxylic acids is 1. The number of rotatable bonds is 3. The van der Waals surface area contributed by atoms with Crippen molar-refractivity contribution in [3.8, 4) is 0 Å². The van der Waals surface area contributed by atoms with Crippen LogP contribution in [0.2, 0.25) is 0 Å². The van der Waals surface area contributed by atoms with Gasteiger partial charge >= 0.3 is 5.97 Å². The minimum atomic E-state index is -0.945. The third-order valence-corrected chi connectivity index (χ3v) is 5.75. The van der Waals surface area contributed by atoms with Gasteiger partial charge < -0.3 is 21.5 Å². The third-order valence-electron chi connectivity index (χ3n) is 5.75. The first kappa shape index (κ1) is 18.3. The maximum absolute atomic E-state index is 12.2. The molecule has 9 heteroatoms. The molecule has 1 unspecified atom stereocenters. The molecule has 1 aromatic carbocycles. The lowest BCUT2D eigenvalue weighted by atomic mass is 9.87. The molecule has 5 N–H and O–H groups in total. The summed E-state index contributed by atoms with van der Waals surface area (Å²) in [5.41, 5.74) is 13.1. The summed E-state index contributed by atoms with van der Waals surface area (Å²) in [6.07, 6.45) is 4.95. The highest BCUT2D eigenvalue weighted by molar-refractivity contribution is 6.06. The second-order valence-corrected chi connectivity index (χ2v) is 7.58. The number of carboxylic acid groups (broad SMARTS) is 1. The van der Waals surface area contributed by atoms with E-state index in [0.717, 1.165) is 37.8 Å². The van der Waals surface area contributed by atoms with Gasteiger partial charge in [0.1, 0.15) is 5.66 Å². The molecule has 1 spiro atoms. The van der Waals surface area contributed by atoms with E-state index in [1.807, 2.05) is 29.2 Å². The molecular weight excluding hydrogens is 360 g/mol. The summed E-state index contributed by atoms with van der Waals surface area (Å²) < 4.78 is 0. The van der Waals surface area contributed by atoms with Crippen LogP contribution in [0.25, 0.3) is 0 Å². The van der Waals surface area contributed by atoms with Gasteiger partial charge in [0, 0.05) is 24.3 Å². The van der Waals surface area contributed by atoms with Gasteiger partial charge in [-0.25, -0.2) is 4.99 Å². The van der Waals surface area contributed by atoms with Crippen LogP contribution in [0.1, 0.15) is 38.5 Å². The maximum Gasteiger partial charge on any atom is 0.308 e. The largest absolute Gasteiger partial charge is 0.481 e. The van der Waals surface area contributed by atoms with Gasteiger partial charge in [0.2, 0.25) is 17.8 Å². The number of nitrogens with two attached hydrogens (primary N) is 2. The molecule has 0 bridgehead atoms. The average Bonchev–Trinajstić information content (AvgIpc) is 3.04. The molecule has 1 atom stereocenters. The fourth-order valence-corrected chi connectivity index (χ4v) is 4.40. The molecule has 0 aromatic heterocycles. The number of hydrogen-bond acceptors (Lipinski definition) is 7. The van der Waals surface area contributed by atoms with Crippen LogP contribution in [0.5, 0.6) is 0 Å². The van der Waals surface area contributed by atoms with Gasteiger partial charge in [-0.3, -0.25) is 14.5 Å². The number of guanidine groups is 2. The van der Waals surface area contributed by atoms with Crippen LogP contribution in [-0.4, -0.2) is 41.1 Å². The molecule has 28 heavy (non-hydrogen) atoms. The Kier molecular flexibility index (Phi) is 4.44. The lowest BCUT2D eigenvalue weighted by Gasteiger charge is -2.45. The van der Waals surface area contributed by atoms with E-state index in [1.54, 1.807) is 0 Å². The lowest BCUT2D eigenvalue weighted by Crippen LogP contribution is -2.58. The van der Waals surface area contributed by atoms with E-state index in [0.29, 0.717) is 11.6 Å². The minimum absolute atomic E-state index is 0.0277. The standard InChI is InChI=1S/C19H24N6O3/c20-17-22-18(21)25(19(23-17)8-2-1-3-9-19)14-6-4-13(5-7-14)24-11-12(16(27)28)10-15(24)26/h4-7,12H,1-3,8-11H2,(H,27,28)(H4,20,21,22,23). The number of carbonyl (C=O) groups is 2. The van der Waals surface area contributed by atoms with Crippen molar-refractivity contribution in [1.82, 2.24) is 0 Å². The van der Waals surface area contributed by atoms with Crippen LogP contribution in [0, 0.1) is 5.92 Å². The lowest BCUT2D eigenvalue weighted by molar-refractivity contribution is -0.141. The quantitative estimate of drug-likeness (QED) is 0.717. The number of benzene rings is 1. The number of aliphatic carboxylic acids is 1. The zero-order valence-electron chi connectivity index (χ0n) is 15.5. The van der Waals surface area contributed by atoms with Crippen molar-refractivity contribution in [1.29, 1.82) is 0 Å². The second kappa shape index (κ2) is 6.81. The Morgan fingerprint density at radius 3 is 2.36 bits per heavy atom.